The van der Waals surface area contributed by atoms with Crippen LogP contribution in [0.15, 0.2) is 83.5 Å². The van der Waals surface area contributed by atoms with Gasteiger partial charge in [-0.25, -0.2) is 9.69 Å². The number of anilines is 3. The molecule has 0 fully saturated rings. The van der Waals surface area contributed by atoms with Gasteiger partial charge in [-0.15, -0.1) is 0 Å². The van der Waals surface area contributed by atoms with Gasteiger partial charge < -0.3 is 15.4 Å². The molecule has 0 bridgehead atoms. The maximum absolute atomic E-state index is 13.2. The third-order valence-corrected chi connectivity index (χ3v) is 6.17. The highest BCUT2D eigenvalue weighted by atomic mass is 35.5. The number of aryl methyl sites for hydroxylation is 1. The lowest BCUT2D eigenvalue weighted by molar-refractivity contribution is -0.120. The largest absolute Gasteiger partial charge is 0.462 e. The number of benzene rings is 3. The molecule has 1 heterocycles. The number of esters is 1. The number of nitrogens with one attached hydrogen (secondary N) is 2. The van der Waals surface area contributed by atoms with E-state index in [0.717, 1.165) is 16.9 Å². The first-order valence-corrected chi connectivity index (χ1v) is 12.5. The molecular formula is C29H26ClN3O5. The van der Waals surface area contributed by atoms with E-state index in [0.29, 0.717) is 23.4 Å². The number of hydrogen-bond acceptors (Lipinski definition) is 6. The minimum Gasteiger partial charge on any atom is -0.462 e. The van der Waals surface area contributed by atoms with Crippen molar-refractivity contribution in [1.29, 1.82) is 0 Å². The average Bonchev–Trinajstić information content (AvgIpc) is 3.15. The second-order valence-electron chi connectivity index (χ2n) is 8.53. The van der Waals surface area contributed by atoms with Crippen molar-refractivity contribution >= 4 is 52.4 Å². The predicted molar refractivity (Wildman–Crippen MR) is 146 cm³/mol. The summed E-state index contributed by atoms with van der Waals surface area (Å²) in [6.07, 6.45) is 1.56. The van der Waals surface area contributed by atoms with E-state index in [4.69, 9.17) is 16.3 Å². The van der Waals surface area contributed by atoms with Crippen LogP contribution in [0.25, 0.3) is 0 Å². The zero-order chi connectivity index (χ0) is 27.2. The van der Waals surface area contributed by atoms with Crippen LogP contribution in [0.2, 0.25) is 0 Å². The quantitative estimate of drug-likeness (QED) is 0.279. The Balaban J connectivity index is 1.50. The van der Waals surface area contributed by atoms with Gasteiger partial charge in [-0.2, -0.15) is 0 Å². The van der Waals surface area contributed by atoms with E-state index in [1.54, 1.807) is 30.3 Å². The van der Waals surface area contributed by atoms with E-state index < -0.39 is 17.8 Å². The molecule has 2 N–H and O–H groups in total. The molecule has 3 aromatic carbocycles. The molecule has 1 aliphatic heterocycles. The fourth-order valence-corrected chi connectivity index (χ4v) is 4.02. The first kappa shape index (κ1) is 26.6. The van der Waals surface area contributed by atoms with Crippen molar-refractivity contribution in [2.45, 2.75) is 26.7 Å². The number of rotatable bonds is 9. The summed E-state index contributed by atoms with van der Waals surface area (Å²) >= 11 is 6.26. The average molecular weight is 532 g/mol. The van der Waals surface area contributed by atoms with Crippen LogP contribution in [0, 0.1) is 0 Å². The first-order valence-electron chi connectivity index (χ1n) is 12.2. The molecule has 0 radical (unpaired) electrons. The fourth-order valence-electron chi connectivity index (χ4n) is 3.81. The van der Waals surface area contributed by atoms with Crippen molar-refractivity contribution in [1.82, 2.24) is 0 Å². The van der Waals surface area contributed by atoms with Crippen LogP contribution in [0.5, 0.6) is 0 Å². The van der Waals surface area contributed by atoms with Gasteiger partial charge in [0.2, 0.25) is 0 Å². The zero-order valence-electron chi connectivity index (χ0n) is 20.9. The lowest BCUT2D eigenvalue weighted by atomic mass is 10.1. The van der Waals surface area contributed by atoms with Gasteiger partial charge in [0.15, 0.2) is 0 Å². The number of amides is 3. The monoisotopic (exact) mass is 531 g/mol. The molecule has 0 unspecified atom stereocenters. The van der Waals surface area contributed by atoms with Crippen molar-refractivity contribution in [3.05, 3.63) is 100 Å². The minimum atomic E-state index is -0.734. The van der Waals surface area contributed by atoms with Crippen LogP contribution >= 0.6 is 11.6 Å². The smallest absolute Gasteiger partial charge is 0.338 e. The van der Waals surface area contributed by atoms with Gasteiger partial charge in [0.1, 0.15) is 10.7 Å². The lowest BCUT2D eigenvalue weighted by Gasteiger charge is -2.16. The molecule has 3 amide bonds. The minimum absolute atomic E-state index is 0.136. The molecular weight excluding hydrogens is 506 g/mol. The number of ether oxygens (including phenoxy) is 1. The Morgan fingerprint density at radius 3 is 2.29 bits per heavy atom. The highest BCUT2D eigenvalue weighted by molar-refractivity contribution is 6.53. The molecule has 4 rings (SSSR count). The summed E-state index contributed by atoms with van der Waals surface area (Å²) in [7, 11) is 0. The van der Waals surface area contributed by atoms with Crippen LogP contribution in [0.4, 0.5) is 17.1 Å². The summed E-state index contributed by atoms with van der Waals surface area (Å²) in [5, 5.41) is 5.41. The Hall–Kier alpha value is -4.43. The van der Waals surface area contributed by atoms with Crippen molar-refractivity contribution in [3.8, 4) is 0 Å². The Labute approximate surface area is 225 Å². The fraction of sp³-hybridized carbons (Fsp3) is 0.172. The second-order valence-corrected chi connectivity index (χ2v) is 8.91. The Morgan fingerprint density at radius 1 is 0.868 bits per heavy atom. The Bertz CT molecular complexity index is 1430. The molecule has 0 saturated heterocycles. The summed E-state index contributed by atoms with van der Waals surface area (Å²) in [5.41, 5.74) is 2.81. The van der Waals surface area contributed by atoms with Crippen LogP contribution in [0.3, 0.4) is 0 Å². The standard InChI is InChI=1S/C29H26ClN3O5/c1-3-15-38-29(37)20-8-6-10-23(17-20)33-27(35)24(30)25(28(33)36)31-22-9-5-7-19(16-22)26(34)32-21-13-11-18(4-2)12-14-21/h5-14,16-17,31H,3-4,15H2,1-2H3,(H,32,34). The van der Waals surface area contributed by atoms with E-state index >= 15 is 0 Å². The van der Waals surface area contributed by atoms with E-state index in [1.165, 1.54) is 18.2 Å². The van der Waals surface area contributed by atoms with Gasteiger partial charge in [0, 0.05) is 16.9 Å². The summed E-state index contributed by atoms with van der Waals surface area (Å²) in [6.45, 7) is 4.19. The molecule has 38 heavy (non-hydrogen) atoms. The lowest BCUT2D eigenvalue weighted by Crippen LogP contribution is -2.32. The van der Waals surface area contributed by atoms with Gasteiger partial charge in [0.05, 0.1) is 17.9 Å². The third-order valence-electron chi connectivity index (χ3n) is 5.82. The van der Waals surface area contributed by atoms with Gasteiger partial charge in [-0.05, 0) is 66.9 Å². The van der Waals surface area contributed by atoms with Gasteiger partial charge in [-0.1, -0.05) is 49.7 Å². The first-order chi connectivity index (χ1) is 18.3. The molecule has 8 nitrogen and oxygen atoms in total. The van der Waals surface area contributed by atoms with Crippen LogP contribution < -0.4 is 15.5 Å². The molecule has 194 valence electrons. The maximum Gasteiger partial charge on any atom is 0.338 e. The summed E-state index contributed by atoms with van der Waals surface area (Å²) in [6, 6.07) is 20.1. The third kappa shape index (κ3) is 5.76. The summed E-state index contributed by atoms with van der Waals surface area (Å²) in [4.78, 5) is 52.0. The van der Waals surface area contributed by atoms with Crippen molar-refractivity contribution in [2.24, 2.45) is 0 Å². The molecule has 0 atom stereocenters. The highest BCUT2D eigenvalue weighted by Gasteiger charge is 2.39. The van der Waals surface area contributed by atoms with E-state index in [9.17, 15) is 19.2 Å². The number of nitrogens with zero attached hydrogens (tertiary/aromatic N) is 1. The normalized spacial score (nSPS) is 13.1. The zero-order valence-corrected chi connectivity index (χ0v) is 21.7. The molecule has 0 aromatic heterocycles. The highest BCUT2D eigenvalue weighted by Crippen LogP contribution is 2.31. The molecule has 0 spiro atoms. The number of carbonyl (C=O) groups excluding carboxylic acids is 4. The van der Waals surface area contributed by atoms with E-state index in [1.807, 2.05) is 31.2 Å². The van der Waals surface area contributed by atoms with Crippen LogP contribution in [-0.4, -0.2) is 30.3 Å². The van der Waals surface area contributed by atoms with Crippen molar-refractivity contribution in [3.63, 3.8) is 0 Å². The SMILES string of the molecule is CCCOC(=O)c1cccc(N2C(=O)C(Cl)=C(Nc3cccc(C(=O)Nc4ccc(CC)cc4)c3)C2=O)c1. The van der Waals surface area contributed by atoms with Crippen molar-refractivity contribution < 1.29 is 23.9 Å². The molecule has 3 aromatic rings. The van der Waals surface area contributed by atoms with E-state index in [2.05, 4.69) is 17.6 Å². The van der Waals surface area contributed by atoms with Crippen molar-refractivity contribution in [2.75, 3.05) is 22.1 Å². The second kappa shape index (κ2) is 11.7. The molecule has 9 heteroatoms. The Morgan fingerprint density at radius 2 is 1.58 bits per heavy atom. The predicted octanol–water partition coefficient (Wildman–Crippen LogP) is 5.50. The number of halogens is 1. The molecule has 0 saturated carbocycles. The van der Waals surface area contributed by atoms with Gasteiger partial charge in [-0.3, -0.25) is 14.4 Å². The van der Waals surface area contributed by atoms with Gasteiger partial charge >= 0.3 is 5.97 Å². The summed E-state index contributed by atoms with van der Waals surface area (Å²) in [5.74, 6) is -2.31. The number of hydrogen-bond donors (Lipinski definition) is 2. The Kier molecular flexibility index (Phi) is 8.23. The molecule has 1 aliphatic rings. The number of imide groups is 1. The maximum atomic E-state index is 13.2. The van der Waals surface area contributed by atoms with Gasteiger partial charge in [0.25, 0.3) is 17.7 Å². The summed E-state index contributed by atoms with van der Waals surface area (Å²) < 4.78 is 5.14. The number of carbonyl (C=O) groups is 4. The molecule has 0 aliphatic carbocycles. The topological polar surface area (TPSA) is 105 Å². The van der Waals surface area contributed by atoms with Crippen LogP contribution in [0.1, 0.15) is 46.5 Å². The van der Waals surface area contributed by atoms with E-state index in [-0.39, 0.29) is 34.5 Å². The van der Waals surface area contributed by atoms with Crippen LogP contribution in [-0.2, 0) is 20.7 Å².